The second-order valence-corrected chi connectivity index (χ2v) is 10.0. The molecule has 1 N–H and O–H groups in total. The zero-order valence-electron chi connectivity index (χ0n) is 21.2. The zero-order chi connectivity index (χ0) is 24.4. The molecule has 0 bridgehead atoms. The first-order valence-corrected chi connectivity index (χ1v) is 12.5. The minimum atomic E-state index is -3.02. The van der Waals surface area contributed by atoms with Gasteiger partial charge in [0, 0.05) is 44.4 Å². The molecular weight excluding hydrogens is 592 g/mol. The number of nitrogens with zero attached hydrogens (tertiary/aromatic N) is 2. The van der Waals surface area contributed by atoms with Gasteiger partial charge >= 0.3 is 29.6 Å². The number of phenols is 1. The molecule has 0 saturated carbocycles. The molecule has 3 aromatic carbocycles. The van der Waals surface area contributed by atoms with E-state index in [1.54, 1.807) is 0 Å². The third kappa shape index (κ3) is 12.9. The number of hydrogen-bond donors (Lipinski definition) is 1. The average molecular weight is 621 g/mol. The number of fused-ring (bicyclic) bond motifs is 1. The summed E-state index contributed by atoms with van der Waals surface area (Å²) in [6.07, 6.45) is 1.08. The van der Waals surface area contributed by atoms with Crippen LogP contribution >= 0.6 is 12.3 Å². The summed E-state index contributed by atoms with van der Waals surface area (Å²) < 4.78 is 29.0. The minimum Gasteiger partial charge on any atom is -0.691 e. The van der Waals surface area contributed by atoms with Gasteiger partial charge < -0.3 is 17.8 Å². The Morgan fingerprint density at radius 3 is 2.31 bits per heavy atom. The number of benzene rings is 3. The molecule has 0 unspecified atom stereocenters. The molecule has 0 amide bonds. The largest absolute Gasteiger partial charge is 1.00 e. The normalized spacial score (nSPS) is 10.6. The van der Waals surface area contributed by atoms with Crippen LogP contribution in [-0.4, -0.2) is 32.1 Å². The van der Waals surface area contributed by atoms with Crippen LogP contribution < -0.4 is 34.8 Å². The van der Waals surface area contributed by atoms with Crippen molar-refractivity contribution in [1.82, 2.24) is 0 Å². The topological polar surface area (TPSA) is 130 Å². The van der Waals surface area contributed by atoms with E-state index in [9.17, 15) is 13.5 Å². The predicted molar refractivity (Wildman–Crippen MR) is 132 cm³/mol. The second kappa shape index (κ2) is 18.8. The molecule has 1 radical (unpaired) electrons. The van der Waals surface area contributed by atoms with Gasteiger partial charge in [-0.1, -0.05) is 42.0 Å². The van der Waals surface area contributed by atoms with E-state index >= 15 is 0 Å². The van der Waals surface area contributed by atoms with Crippen LogP contribution in [0.5, 0.6) is 5.75 Å². The summed E-state index contributed by atoms with van der Waals surface area (Å²) in [4.78, 5) is 0. The number of sulfone groups is 1. The maximum Gasteiger partial charge on any atom is 1.00 e. The van der Waals surface area contributed by atoms with Gasteiger partial charge in [0.1, 0.15) is 21.3 Å². The Labute approximate surface area is 264 Å². The van der Waals surface area contributed by atoms with Crippen molar-refractivity contribution < 1.29 is 94.6 Å². The number of aromatic hydroxyl groups is 1. The molecular formula is C23H28N2NaO7S2Y-. The molecule has 0 aliphatic carbocycles. The Hall–Kier alpha value is -0.436. The Morgan fingerprint density at radius 1 is 1.03 bits per heavy atom. The molecule has 13 heteroatoms. The molecule has 0 fully saturated rings. The number of phenolic OH excluding ortho intramolecular Hbond substituents is 1. The number of aryl methyl sites for hydroxylation is 3. The Kier molecular flexibility index (Phi) is 19.6. The van der Waals surface area contributed by atoms with E-state index in [1.165, 1.54) is 5.56 Å². The van der Waals surface area contributed by atoms with Gasteiger partial charge in [0.05, 0.1) is 18.0 Å². The monoisotopic (exact) mass is 620 g/mol. The molecule has 0 spiro atoms. The molecule has 0 aliphatic rings. The van der Waals surface area contributed by atoms with Gasteiger partial charge in [-0.25, -0.2) is 8.42 Å². The first kappa shape index (κ1) is 37.7. The Bertz CT molecular complexity index is 1230. The van der Waals surface area contributed by atoms with Crippen molar-refractivity contribution in [2.24, 2.45) is 10.2 Å². The van der Waals surface area contributed by atoms with Crippen molar-refractivity contribution in [2.45, 2.75) is 20.8 Å². The summed E-state index contributed by atoms with van der Waals surface area (Å²) >= 11 is 0.295. The summed E-state index contributed by atoms with van der Waals surface area (Å²) in [6.45, 7) is 5.87. The maximum absolute atomic E-state index is 10.4. The van der Waals surface area contributed by atoms with Crippen LogP contribution in [0.25, 0.3) is 10.8 Å². The number of hydrogen-bond acceptors (Lipinski definition) is 10. The molecule has 9 nitrogen and oxygen atoms in total. The second-order valence-electron chi connectivity index (χ2n) is 7.26. The molecule has 0 saturated heterocycles. The van der Waals surface area contributed by atoms with Crippen LogP contribution in [0.4, 0.5) is 11.4 Å². The van der Waals surface area contributed by atoms with Crippen LogP contribution in [0.1, 0.15) is 16.7 Å². The smallest absolute Gasteiger partial charge is 0.691 e. The zero-order valence-corrected chi connectivity index (χ0v) is 27.7. The summed E-state index contributed by atoms with van der Waals surface area (Å²) in [7, 11) is -3.02. The molecule has 189 valence electrons. The van der Waals surface area contributed by atoms with Crippen molar-refractivity contribution in [2.75, 3.05) is 18.6 Å². The molecule has 0 aromatic heterocycles. The van der Waals surface area contributed by atoms with Crippen molar-refractivity contribution in [3.8, 4) is 5.75 Å². The van der Waals surface area contributed by atoms with Gasteiger partial charge in [-0.05, 0) is 49.4 Å². The van der Waals surface area contributed by atoms with Gasteiger partial charge in [-0.3, -0.25) is 9.22 Å². The maximum atomic E-state index is 10.4. The molecule has 0 heterocycles. The summed E-state index contributed by atoms with van der Waals surface area (Å²) in [5.74, 6) is 0.0658. The first-order chi connectivity index (χ1) is 15.6. The van der Waals surface area contributed by atoms with Crippen LogP contribution in [0.2, 0.25) is 0 Å². The Morgan fingerprint density at radius 2 is 1.69 bits per heavy atom. The minimum absolute atomic E-state index is 0. The van der Waals surface area contributed by atoms with Crippen molar-refractivity contribution in [3.05, 3.63) is 72.6 Å². The Balaban J connectivity index is 0. The van der Waals surface area contributed by atoms with Crippen LogP contribution in [0.15, 0.2) is 58.8 Å². The molecule has 3 aromatic rings. The van der Waals surface area contributed by atoms with E-state index < -0.39 is 9.84 Å². The third-order valence-corrected chi connectivity index (χ3v) is 5.73. The van der Waals surface area contributed by atoms with Crippen molar-refractivity contribution >= 4 is 44.3 Å². The van der Waals surface area contributed by atoms with E-state index in [1.807, 2.05) is 56.3 Å². The van der Waals surface area contributed by atoms with Crippen molar-refractivity contribution in [1.29, 1.82) is 0 Å². The van der Waals surface area contributed by atoms with E-state index in [2.05, 4.69) is 36.8 Å². The average Bonchev–Trinajstić information content (AvgIpc) is 2.75. The SMILES string of the molecule is CS(=O)(=O)CCOSOO[O-].Cc1ccc2c(N=Nc3ccccc3C)c(O)c(C)cc2c1.[CH3-].[Na+].[Y]. The standard InChI is InChI=1S/C19H18N2O.C3H8O6S2.CH3.Na.Y/c1-12-8-9-16-15(10-12)11-14(3)19(22)18(16)21-20-17-7-5-4-6-13(17)2;1-11(5,6)3-2-7-10-9-8-4;;;/h4-11,22H,1-3H3;4H,2-3H2,1H3;1H3;;/q;;-1;+1;/p-1. The van der Waals surface area contributed by atoms with Crippen LogP contribution in [-0.2, 0) is 56.1 Å². The fourth-order valence-corrected chi connectivity index (χ4v) is 3.47. The fraction of sp³-hybridized carbons (Fsp3) is 0.261. The third-order valence-electron chi connectivity index (χ3n) is 4.45. The molecule has 0 aliphatic heterocycles. The molecule has 0 atom stereocenters. The van der Waals surface area contributed by atoms with Crippen LogP contribution in [0.3, 0.4) is 0 Å². The number of rotatable bonds is 8. The van der Waals surface area contributed by atoms with E-state index in [0.717, 1.165) is 33.8 Å². The van der Waals surface area contributed by atoms with E-state index in [-0.39, 0.29) is 87.8 Å². The number of azo groups is 1. The first-order valence-electron chi connectivity index (χ1n) is 9.75. The molecule has 3 rings (SSSR count). The van der Waals surface area contributed by atoms with Gasteiger partial charge in [0.2, 0.25) is 0 Å². The quantitative estimate of drug-likeness (QED) is 0.0772. The molecule has 36 heavy (non-hydrogen) atoms. The van der Waals surface area contributed by atoms with Gasteiger partial charge in [0.25, 0.3) is 0 Å². The summed E-state index contributed by atoms with van der Waals surface area (Å²) in [5.41, 5.74) is 4.37. The summed E-state index contributed by atoms with van der Waals surface area (Å²) in [6, 6.07) is 15.9. The van der Waals surface area contributed by atoms with Gasteiger partial charge in [0.15, 0.2) is 12.3 Å². The van der Waals surface area contributed by atoms with Gasteiger partial charge in [-0.15, -0.1) is 9.45 Å². The van der Waals surface area contributed by atoms with E-state index in [4.69, 9.17) is 5.26 Å². The summed E-state index contributed by atoms with van der Waals surface area (Å²) in [5, 5.41) is 33.0. The van der Waals surface area contributed by atoms with Crippen LogP contribution in [0, 0.1) is 28.2 Å². The van der Waals surface area contributed by atoms with Gasteiger partial charge in [-0.2, -0.15) is 5.11 Å². The van der Waals surface area contributed by atoms with Crippen molar-refractivity contribution in [3.63, 3.8) is 0 Å². The van der Waals surface area contributed by atoms with E-state index in [0.29, 0.717) is 18.0 Å². The predicted octanol–water partition coefficient (Wildman–Crippen LogP) is 2.17. The fourth-order valence-electron chi connectivity index (χ4n) is 2.76.